The molecule has 7 heteroatoms. The number of hydrogen-bond donors (Lipinski definition) is 2. The Kier molecular flexibility index (Phi) is 6.25. The summed E-state index contributed by atoms with van der Waals surface area (Å²) >= 11 is 0. The zero-order valence-corrected chi connectivity index (χ0v) is 7.79. The molecule has 0 rings (SSSR count). The maximum Gasteiger partial charge on any atom is 0.242 e. The largest absolute Gasteiger partial charge is 0.394 e. The van der Waals surface area contributed by atoms with Crippen molar-refractivity contribution in [3.8, 4) is 0 Å². The minimum atomic E-state index is -0.686. The summed E-state index contributed by atoms with van der Waals surface area (Å²) in [7, 11) is 0. The fourth-order valence-corrected chi connectivity index (χ4v) is 0.510. The Bertz CT molecular complexity index is 219. The number of nitrogens with zero attached hydrogens (tertiary/aromatic N) is 2. The molecular weight excluding hydrogens is 190 g/mol. The normalized spacial score (nSPS) is 12.7. The van der Waals surface area contributed by atoms with E-state index < -0.39 is 12.0 Å². The number of primary amides is 1. The molecule has 0 spiro atoms. The second kappa shape index (κ2) is 6.98. The lowest BCUT2D eigenvalue weighted by Gasteiger charge is -2.13. The Balaban J connectivity index is 3.91. The molecule has 1 unspecified atom stereocenters. The van der Waals surface area contributed by atoms with Crippen LogP contribution >= 0.6 is 0 Å². The van der Waals surface area contributed by atoms with E-state index in [9.17, 15) is 9.70 Å². The molecule has 0 aromatic rings. The molecule has 0 radical (unpaired) electrons. The molecule has 1 amide bonds. The van der Waals surface area contributed by atoms with Crippen LogP contribution in [0.25, 0.3) is 0 Å². The van der Waals surface area contributed by atoms with Gasteiger partial charge in [-0.05, 0) is 6.92 Å². The van der Waals surface area contributed by atoms with E-state index in [0.717, 1.165) is 17.3 Å². The molecule has 0 aliphatic heterocycles. The number of rotatable bonds is 7. The van der Waals surface area contributed by atoms with Gasteiger partial charge in [0.05, 0.1) is 18.0 Å². The highest BCUT2D eigenvalue weighted by molar-refractivity contribution is 5.85. The van der Waals surface area contributed by atoms with Gasteiger partial charge in [0.25, 0.3) is 0 Å². The quantitative estimate of drug-likeness (QED) is 0.247. The molecule has 0 saturated heterocycles. The molecule has 0 heterocycles. The van der Waals surface area contributed by atoms with Crippen molar-refractivity contribution in [3.05, 3.63) is 17.2 Å². The Morgan fingerprint density at radius 3 is 2.86 bits per heavy atom. The maximum absolute atomic E-state index is 10.3. The number of carbonyl (C=O) groups excluding carboxylic acids is 1. The number of nitroso groups, excluding NO2 is 1. The van der Waals surface area contributed by atoms with Gasteiger partial charge in [0, 0.05) is 12.3 Å². The van der Waals surface area contributed by atoms with Gasteiger partial charge >= 0.3 is 0 Å². The number of nitrogens with two attached hydrogens (primary N) is 1. The molecule has 0 aromatic carbocycles. The molecule has 0 fully saturated rings. The second-order valence-corrected chi connectivity index (χ2v) is 2.53. The molecule has 0 aromatic heterocycles. The zero-order chi connectivity index (χ0) is 11.0. The summed E-state index contributed by atoms with van der Waals surface area (Å²) in [6.45, 7) is 1.32. The molecule has 3 N–H and O–H groups in total. The molecule has 0 aliphatic carbocycles. The van der Waals surface area contributed by atoms with Crippen LogP contribution in [0.2, 0.25) is 0 Å². The van der Waals surface area contributed by atoms with Gasteiger partial charge in [0.15, 0.2) is 0 Å². The number of amides is 1. The van der Waals surface area contributed by atoms with Crippen LogP contribution in [0.4, 0.5) is 0 Å². The third-order valence-electron chi connectivity index (χ3n) is 1.26. The van der Waals surface area contributed by atoms with Crippen molar-refractivity contribution < 1.29 is 14.6 Å². The minimum absolute atomic E-state index is 0.144. The van der Waals surface area contributed by atoms with E-state index in [2.05, 4.69) is 5.29 Å². The first-order valence-electron chi connectivity index (χ1n) is 3.90. The van der Waals surface area contributed by atoms with Crippen molar-refractivity contribution in [1.82, 2.24) is 5.01 Å². The summed E-state index contributed by atoms with van der Waals surface area (Å²) in [6, 6.07) is 0. The molecule has 7 nitrogen and oxygen atoms in total. The Labute approximate surface area is 81.1 Å². The van der Waals surface area contributed by atoms with E-state index >= 15 is 0 Å². The van der Waals surface area contributed by atoms with Crippen LogP contribution in [0, 0.1) is 4.91 Å². The number of aliphatic hydroxyl groups excluding tert-OH is 1. The SMILES string of the molecule is CC(CO)OCN(/C=C\C(N)=O)N=O. The number of hydrogen-bond acceptors (Lipinski definition) is 5. The van der Waals surface area contributed by atoms with Crippen LogP contribution in [0.1, 0.15) is 6.92 Å². The van der Waals surface area contributed by atoms with Crippen molar-refractivity contribution >= 4 is 5.91 Å². The molecule has 0 saturated carbocycles. The van der Waals surface area contributed by atoms with E-state index in [1.807, 2.05) is 0 Å². The first-order valence-corrected chi connectivity index (χ1v) is 3.90. The van der Waals surface area contributed by atoms with Gasteiger partial charge in [0.2, 0.25) is 5.91 Å². The summed E-state index contributed by atoms with van der Waals surface area (Å²) in [6.07, 6.45) is 1.68. The van der Waals surface area contributed by atoms with Crippen LogP contribution in [0.5, 0.6) is 0 Å². The van der Waals surface area contributed by atoms with E-state index in [4.69, 9.17) is 15.6 Å². The third kappa shape index (κ3) is 6.09. The lowest BCUT2D eigenvalue weighted by Crippen LogP contribution is -2.22. The smallest absolute Gasteiger partial charge is 0.242 e. The summed E-state index contributed by atoms with van der Waals surface area (Å²) in [5.74, 6) is -0.686. The van der Waals surface area contributed by atoms with Crippen molar-refractivity contribution in [1.29, 1.82) is 0 Å². The van der Waals surface area contributed by atoms with Crippen LogP contribution in [0.15, 0.2) is 17.6 Å². The monoisotopic (exact) mass is 203 g/mol. The van der Waals surface area contributed by atoms with E-state index in [1.165, 1.54) is 0 Å². The van der Waals surface area contributed by atoms with Crippen LogP contribution < -0.4 is 5.73 Å². The summed E-state index contributed by atoms with van der Waals surface area (Å²) in [5, 5.41) is 12.0. The molecular formula is C7H13N3O4. The Hall–Kier alpha value is -1.47. The molecule has 80 valence electrons. The fraction of sp³-hybridized carbons (Fsp3) is 0.571. The van der Waals surface area contributed by atoms with Crippen molar-refractivity contribution in [3.63, 3.8) is 0 Å². The second-order valence-electron chi connectivity index (χ2n) is 2.53. The first-order chi connectivity index (χ1) is 6.60. The topological polar surface area (TPSA) is 105 Å². The first kappa shape index (κ1) is 12.5. The van der Waals surface area contributed by atoms with Crippen LogP contribution in [0.3, 0.4) is 0 Å². The van der Waals surface area contributed by atoms with Crippen LogP contribution in [-0.4, -0.2) is 35.5 Å². The van der Waals surface area contributed by atoms with Gasteiger partial charge < -0.3 is 15.6 Å². The minimum Gasteiger partial charge on any atom is -0.394 e. The highest BCUT2D eigenvalue weighted by Gasteiger charge is 2.03. The maximum atomic E-state index is 10.3. The molecule has 14 heavy (non-hydrogen) atoms. The summed E-state index contributed by atoms with van der Waals surface area (Å²) in [5.41, 5.74) is 4.80. The van der Waals surface area contributed by atoms with Crippen molar-refractivity contribution in [2.75, 3.05) is 13.3 Å². The van der Waals surface area contributed by atoms with E-state index in [1.54, 1.807) is 6.92 Å². The summed E-state index contributed by atoms with van der Waals surface area (Å²) < 4.78 is 4.96. The molecule has 1 atom stereocenters. The Morgan fingerprint density at radius 1 is 1.79 bits per heavy atom. The van der Waals surface area contributed by atoms with E-state index in [0.29, 0.717) is 0 Å². The number of ether oxygens (including phenoxy) is 1. The predicted molar refractivity (Wildman–Crippen MR) is 48.5 cm³/mol. The van der Waals surface area contributed by atoms with Gasteiger partial charge in [-0.1, -0.05) is 0 Å². The van der Waals surface area contributed by atoms with Gasteiger partial charge in [0.1, 0.15) is 6.73 Å². The van der Waals surface area contributed by atoms with Crippen molar-refractivity contribution in [2.24, 2.45) is 11.0 Å². The summed E-state index contributed by atoms with van der Waals surface area (Å²) in [4.78, 5) is 20.4. The van der Waals surface area contributed by atoms with Gasteiger partial charge in [-0.15, -0.1) is 4.91 Å². The zero-order valence-electron chi connectivity index (χ0n) is 7.79. The lowest BCUT2D eigenvalue weighted by atomic mass is 10.4. The third-order valence-corrected chi connectivity index (χ3v) is 1.26. The highest BCUT2D eigenvalue weighted by Crippen LogP contribution is 1.95. The predicted octanol–water partition coefficient (Wildman–Crippen LogP) is -0.676. The average molecular weight is 203 g/mol. The fourth-order valence-electron chi connectivity index (χ4n) is 0.510. The van der Waals surface area contributed by atoms with Gasteiger partial charge in [-0.2, -0.15) is 0 Å². The lowest BCUT2D eigenvalue weighted by molar-refractivity contribution is -0.113. The number of carbonyl (C=O) groups is 1. The highest BCUT2D eigenvalue weighted by atomic mass is 16.5. The molecule has 0 aliphatic rings. The van der Waals surface area contributed by atoms with Crippen LogP contribution in [-0.2, 0) is 9.53 Å². The average Bonchev–Trinajstić information content (AvgIpc) is 2.17. The number of aliphatic hydroxyl groups is 1. The molecule has 0 bridgehead atoms. The van der Waals surface area contributed by atoms with Gasteiger partial charge in [-0.3, -0.25) is 4.79 Å². The van der Waals surface area contributed by atoms with Gasteiger partial charge in [-0.25, -0.2) is 5.01 Å². The van der Waals surface area contributed by atoms with E-state index in [-0.39, 0.29) is 13.3 Å². The Morgan fingerprint density at radius 2 is 2.43 bits per heavy atom. The van der Waals surface area contributed by atoms with Crippen molar-refractivity contribution in [2.45, 2.75) is 13.0 Å². The standard InChI is InChI=1S/C7H13N3O4/c1-6(4-11)14-5-10(9-13)3-2-7(8)12/h2-3,6,11H,4-5H2,1H3,(H2,8,12)/b3-2-.